The molecule has 1 saturated heterocycles. The van der Waals surface area contributed by atoms with Crippen LogP contribution in [0.5, 0.6) is 0 Å². The Morgan fingerprint density at radius 2 is 1.75 bits per heavy atom. The van der Waals surface area contributed by atoms with Gasteiger partial charge in [-0.3, -0.25) is 4.90 Å². The molecule has 1 aliphatic heterocycles. The molecule has 1 nitrogen and oxygen atoms in total. The van der Waals surface area contributed by atoms with Gasteiger partial charge in [-0.05, 0) is 43.4 Å². The highest BCUT2D eigenvalue weighted by molar-refractivity contribution is 5.34. The Labute approximate surface area is 101 Å². The van der Waals surface area contributed by atoms with Gasteiger partial charge in [0.05, 0.1) is 0 Å². The summed E-state index contributed by atoms with van der Waals surface area (Å²) in [6.45, 7) is 10.5. The van der Waals surface area contributed by atoms with Crippen LogP contribution in [-0.2, 0) is 0 Å². The molecule has 0 spiro atoms. The molecule has 0 radical (unpaired) electrons. The van der Waals surface area contributed by atoms with E-state index in [0.717, 1.165) is 6.42 Å². The van der Waals surface area contributed by atoms with Crippen LogP contribution in [0.15, 0.2) is 23.3 Å². The SMILES string of the molecule is CC/C=C1\CN(CCCC)CC\C1=C/CC. The largest absolute Gasteiger partial charge is 0.299 e. The van der Waals surface area contributed by atoms with Crippen LogP contribution in [0.2, 0.25) is 0 Å². The highest BCUT2D eigenvalue weighted by Crippen LogP contribution is 2.23. The van der Waals surface area contributed by atoms with Crippen molar-refractivity contribution < 1.29 is 0 Å². The first kappa shape index (κ1) is 13.5. The minimum atomic E-state index is 1.16. The van der Waals surface area contributed by atoms with Crippen LogP contribution in [0.4, 0.5) is 0 Å². The molecule has 0 amide bonds. The molecule has 0 aliphatic carbocycles. The fourth-order valence-electron chi connectivity index (χ4n) is 2.35. The third kappa shape index (κ3) is 4.13. The number of unbranched alkanes of at least 4 members (excludes halogenated alkanes) is 1. The second-order valence-corrected chi connectivity index (χ2v) is 4.65. The molecule has 1 heteroatoms. The Morgan fingerprint density at radius 1 is 1.06 bits per heavy atom. The maximum absolute atomic E-state index is 2.61. The quantitative estimate of drug-likeness (QED) is 0.673. The van der Waals surface area contributed by atoms with Crippen molar-refractivity contribution in [1.82, 2.24) is 4.90 Å². The normalized spacial score (nSPS) is 23.2. The van der Waals surface area contributed by atoms with Crippen molar-refractivity contribution in [3.05, 3.63) is 23.3 Å². The van der Waals surface area contributed by atoms with Crippen LogP contribution in [0.3, 0.4) is 0 Å². The van der Waals surface area contributed by atoms with Crippen molar-refractivity contribution in [3.63, 3.8) is 0 Å². The van der Waals surface area contributed by atoms with Crippen molar-refractivity contribution in [2.45, 2.75) is 52.9 Å². The number of hydrogen-bond acceptors (Lipinski definition) is 1. The molecule has 1 fully saturated rings. The molecule has 0 unspecified atom stereocenters. The molecule has 0 bridgehead atoms. The average Bonchev–Trinajstić information content (AvgIpc) is 2.30. The van der Waals surface area contributed by atoms with Gasteiger partial charge in [0.25, 0.3) is 0 Å². The van der Waals surface area contributed by atoms with E-state index in [1.165, 1.54) is 45.3 Å². The molecule has 0 atom stereocenters. The molecule has 0 aromatic rings. The van der Waals surface area contributed by atoms with Gasteiger partial charge >= 0.3 is 0 Å². The van der Waals surface area contributed by atoms with Gasteiger partial charge in [0.2, 0.25) is 0 Å². The van der Waals surface area contributed by atoms with E-state index in [4.69, 9.17) is 0 Å². The van der Waals surface area contributed by atoms with E-state index < -0.39 is 0 Å². The molecule has 16 heavy (non-hydrogen) atoms. The Bertz CT molecular complexity index is 250. The minimum Gasteiger partial charge on any atom is -0.299 e. The lowest BCUT2D eigenvalue weighted by atomic mass is 9.95. The van der Waals surface area contributed by atoms with Crippen molar-refractivity contribution in [3.8, 4) is 0 Å². The summed E-state index contributed by atoms with van der Waals surface area (Å²) in [5, 5.41) is 0. The second-order valence-electron chi connectivity index (χ2n) is 4.65. The lowest BCUT2D eigenvalue weighted by Crippen LogP contribution is -2.33. The Balaban J connectivity index is 2.58. The summed E-state index contributed by atoms with van der Waals surface area (Å²) in [6.07, 6.45) is 11.1. The van der Waals surface area contributed by atoms with Gasteiger partial charge in [-0.15, -0.1) is 0 Å². The predicted molar refractivity (Wildman–Crippen MR) is 72.7 cm³/mol. The first-order valence-electron chi connectivity index (χ1n) is 6.92. The summed E-state index contributed by atoms with van der Waals surface area (Å²) < 4.78 is 0. The van der Waals surface area contributed by atoms with Gasteiger partial charge in [-0.1, -0.05) is 39.3 Å². The summed E-state index contributed by atoms with van der Waals surface area (Å²) in [6, 6.07) is 0. The van der Waals surface area contributed by atoms with Crippen molar-refractivity contribution in [1.29, 1.82) is 0 Å². The zero-order chi connectivity index (χ0) is 11.8. The van der Waals surface area contributed by atoms with Gasteiger partial charge in [0.1, 0.15) is 0 Å². The van der Waals surface area contributed by atoms with E-state index in [9.17, 15) is 0 Å². The standard InChI is InChI=1S/C15H27N/c1-4-7-11-16-12-10-14(8-5-2)15(13-16)9-6-3/h8-9H,4-7,10-13H2,1-3H3/b14-8+,15-9+. The van der Waals surface area contributed by atoms with Gasteiger partial charge in [-0.25, -0.2) is 0 Å². The molecule has 1 aliphatic rings. The minimum absolute atomic E-state index is 1.16. The van der Waals surface area contributed by atoms with Crippen molar-refractivity contribution in [2.75, 3.05) is 19.6 Å². The van der Waals surface area contributed by atoms with E-state index in [1.54, 1.807) is 11.1 Å². The van der Waals surface area contributed by atoms with E-state index in [1.807, 2.05) is 0 Å². The summed E-state index contributed by atoms with van der Waals surface area (Å²) in [5.74, 6) is 0. The van der Waals surface area contributed by atoms with Crippen molar-refractivity contribution in [2.24, 2.45) is 0 Å². The van der Waals surface area contributed by atoms with Crippen LogP contribution in [0.1, 0.15) is 52.9 Å². The molecular weight excluding hydrogens is 194 g/mol. The molecule has 1 heterocycles. The molecule has 0 saturated carbocycles. The summed E-state index contributed by atoms with van der Waals surface area (Å²) in [4.78, 5) is 2.61. The Hall–Kier alpha value is -0.560. The van der Waals surface area contributed by atoms with Gasteiger partial charge in [0, 0.05) is 13.1 Å². The molecule has 0 aromatic carbocycles. The monoisotopic (exact) mass is 221 g/mol. The van der Waals surface area contributed by atoms with Gasteiger partial charge in [0.15, 0.2) is 0 Å². The van der Waals surface area contributed by atoms with E-state index >= 15 is 0 Å². The topological polar surface area (TPSA) is 3.24 Å². The van der Waals surface area contributed by atoms with Crippen LogP contribution in [-0.4, -0.2) is 24.5 Å². The first-order chi connectivity index (χ1) is 7.81. The molecule has 0 N–H and O–H groups in total. The highest BCUT2D eigenvalue weighted by Gasteiger charge is 2.16. The van der Waals surface area contributed by atoms with Gasteiger partial charge in [-0.2, -0.15) is 0 Å². The summed E-state index contributed by atoms with van der Waals surface area (Å²) >= 11 is 0. The zero-order valence-electron chi connectivity index (χ0n) is 11.3. The summed E-state index contributed by atoms with van der Waals surface area (Å²) in [7, 11) is 0. The van der Waals surface area contributed by atoms with Crippen LogP contribution in [0, 0.1) is 0 Å². The fourth-order valence-corrected chi connectivity index (χ4v) is 2.35. The number of rotatable bonds is 5. The first-order valence-corrected chi connectivity index (χ1v) is 6.92. The number of nitrogens with zero attached hydrogens (tertiary/aromatic N) is 1. The Morgan fingerprint density at radius 3 is 2.38 bits per heavy atom. The highest BCUT2D eigenvalue weighted by atomic mass is 15.1. The maximum Gasteiger partial charge on any atom is 0.0233 e. The van der Waals surface area contributed by atoms with E-state index in [0.29, 0.717) is 0 Å². The predicted octanol–water partition coefficient (Wildman–Crippen LogP) is 4.17. The number of allylic oxidation sites excluding steroid dienone is 2. The third-order valence-electron chi connectivity index (χ3n) is 3.23. The number of likely N-dealkylation sites (tertiary alicyclic amines) is 1. The van der Waals surface area contributed by atoms with Crippen LogP contribution < -0.4 is 0 Å². The van der Waals surface area contributed by atoms with Crippen LogP contribution in [0.25, 0.3) is 0 Å². The lowest BCUT2D eigenvalue weighted by Gasteiger charge is -2.30. The molecule has 1 rings (SSSR count). The summed E-state index contributed by atoms with van der Waals surface area (Å²) in [5.41, 5.74) is 3.20. The fraction of sp³-hybridized carbons (Fsp3) is 0.733. The van der Waals surface area contributed by atoms with E-state index in [2.05, 4.69) is 37.8 Å². The smallest absolute Gasteiger partial charge is 0.0233 e. The lowest BCUT2D eigenvalue weighted by molar-refractivity contribution is 0.280. The maximum atomic E-state index is 2.61. The molecule has 92 valence electrons. The number of piperidine rings is 1. The third-order valence-corrected chi connectivity index (χ3v) is 3.23. The average molecular weight is 221 g/mol. The van der Waals surface area contributed by atoms with Crippen molar-refractivity contribution >= 4 is 0 Å². The molecule has 0 aromatic heterocycles. The molecular formula is C15H27N. The second kappa shape index (κ2) is 7.67. The zero-order valence-corrected chi connectivity index (χ0v) is 11.3. The number of hydrogen-bond donors (Lipinski definition) is 0. The van der Waals surface area contributed by atoms with Crippen LogP contribution >= 0.6 is 0 Å². The van der Waals surface area contributed by atoms with E-state index in [-0.39, 0.29) is 0 Å². The Kier molecular flexibility index (Phi) is 6.47. The van der Waals surface area contributed by atoms with Gasteiger partial charge < -0.3 is 0 Å².